The predicted octanol–water partition coefficient (Wildman–Crippen LogP) is 7.73. The maximum absolute atomic E-state index is 12.4. The van der Waals surface area contributed by atoms with E-state index in [-0.39, 0.29) is 126 Å². The van der Waals surface area contributed by atoms with Crippen LogP contribution in [0.4, 0.5) is 17.8 Å². The molecule has 6 atom stereocenters. The molecule has 0 spiro atoms. The van der Waals surface area contributed by atoms with Crippen LogP contribution in [0.5, 0.6) is 34.8 Å². The number of hydrogen-bond donors (Lipinski definition) is 10. The molecule has 0 bridgehead atoms. The molecule has 134 heavy (non-hydrogen) atoms. The monoisotopic (exact) mass is 1850 g/mol. The molecule has 3 aliphatic heterocycles. The number of benzene rings is 8. The van der Waals surface area contributed by atoms with Crippen molar-refractivity contribution in [3.05, 3.63) is 315 Å². The number of fused-ring (bicyclic) bond motifs is 3. The third-order valence-corrected chi connectivity index (χ3v) is 22.8. The Morgan fingerprint density at radius 2 is 0.836 bits per heavy atom. The number of ether oxygens (including phenoxy) is 8. The Hall–Kier alpha value is -12.3. The molecule has 695 valence electrons. The molecule has 3 saturated heterocycles. The maximum Gasteiger partial charge on any atom is 1.00 e. The summed E-state index contributed by atoms with van der Waals surface area (Å²) >= 11 is 0. The van der Waals surface area contributed by atoms with Crippen molar-refractivity contribution in [3.63, 3.8) is 0 Å². The molecule has 9 heterocycles. The van der Waals surface area contributed by atoms with Crippen LogP contribution < -0.4 is 84.4 Å². The second-order valence-corrected chi connectivity index (χ2v) is 32.0. The number of nitrogen functional groups attached to an aromatic ring is 1. The van der Waals surface area contributed by atoms with Gasteiger partial charge in [0.15, 0.2) is 6.29 Å². The number of carbonyl (C=O) groups is 1. The van der Waals surface area contributed by atoms with Crippen LogP contribution in [0.1, 0.15) is 66.0 Å². The van der Waals surface area contributed by atoms with Gasteiger partial charge in [-0.3, -0.25) is 24.4 Å². The van der Waals surface area contributed by atoms with Crippen LogP contribution in [0.2, 0.25) is 0 Å². The number of aromatic nitrogens is 9. The van der Waals surface area contributed by atoms with E-state index in [0.29, 0.717) is 143 Å². The molecule has 3 aliphatic rings. The molecule has 0 aliphatic carbocycles. The Bertz CT molecular complexity index is 5890. The van der Waals surface area contributed by atoms with E-state index in [1.54, 1.807) is 40.8 Å². The van der Waals surface area contributed by atoms with Gasteiger partial charge >= 0.3 is 29.6 Å². The number of carbonyl (C=O) groups excluding carboxylic acids is 1. The molecule has 0 amide bonds. The third-order valence-electron chi connectivity index (χ3n) is 22.8. The molecule has 0 unspecified atom stereocenters. The summed E-state index contributed by atoms with van der Waals surface area (Å²) in [5.41, 5.74) is 19.3. The van der Waals surface area contributed by atoms with Gasteiger partial charge in [0, 0.05) is 154 Å². The molecule has 0 saturated carbocycles. The number of aldehydes is 1. The summed E-state index contributed by atoms with van der Waals surface area (Å²) in [6.07, 6.45) is 4.88. The average molecular weight is 1850 g/mol. The smallest absolute Gasteiger partial charge is 0.512 e. The first-order valence-electron chi connectivity index (χ1n) is 43.0. The summed E-state index contributed by atoms with van der Waals surface area (Å²) in [5.74, 6) is 4.68. The van der Waals surface area contributed by atoms with E-state index in [1.165, 1.54) is 0 Å². The standard InChI is InChI=1S/C43H47N5O6.C38H36N4O5.C12H17N5O3.C5H11NO2.CN.B.ClH.Na/c1-51-37-17-13-31(14-18-37)21-47(22-32-15-19-38(52-2)20-16-32)43-44-40-35(23-46-24-36(27-49)39(50)26-46)25-48(30-53-28-33-9-5-3-6-10-33)41(40)42(45-43)54-29-34-11-7-4-8-12-34;1-44-33-17-13-28(14-18-33)21-41(22-29-15-19-34(45-2)20-16-29)38-39-35-32(24-43)23-42(27-46-25-30-9-5-3-6-10-30)36(35)37(40-38)47-26-31-11-7-4-8-12-31;13-12-15-9-6(1-14-10(9)11(20)16-12)2-17-3-7(5-18)8(19)4-17;7-3-4-1-6-2-5(4)8;1-2;;;/h3-20,25,36,39,49-50H,21-24,26-30H2,1-2H3;3-20,23-24H,21-22,25-27H2,1-2H3;1,7-8,14,18-19H,2-5H2,(H3,13,15,16,20);4-8H,1-3H2;;;1H;/q;;;;-1;;;+1/t36-,39-;;7-,8-;4-,5-;;;;/m1.11..../s1. The second kappa shape index (κ2) is 52.4. The number of hydrogen-bond acceptors (Lipinski definition) is 28. The zero-order chi connectivity index (χ0) is 92.0. The Labute approximate surface area is 808 Å². The Balaban J connectivity index is 0.000000210. The largest absolute Gasteiger partial charge is 1.00 e. The van der Waals surface area contributed by atoms with Crippen molar-refractivity contribution in [2.45, 2.75) is 97.5 Å². The van der Waals surface area contributed by atoms with Crippen LogP contribution >= 0.6 is 12.4 Å². The minimum absolute atomic E-state index is 0. The number of β-amino-alcohol motifs (C(OH)–C–C–N with tert-alkyl or cyclic N) is 3. The Morgan fingerprint density at radius 1 is 0.463 bits per heavy atom. The van der Waals surface area contributed by atoms with Crippen molar-refractivity contribution in [2.24, 2.45) is 17.8 Å². The molecule has 11 N–H and O–H groups in total. The molecular formula is C99H112BClN16NaO16. The fourth-order valence-electron chi connectivity index (χ4n) is 15.7. The first kappa shape index (κ1) is 104. The van der Waals surface area contributed by atoms with Gasteiger partial charge in [-0.2, -0.15) is 9.97 Å². The van der Waals surface area contributed by atoms with Crippen molar-refractivity contribution < 1.29 is 103 Å². The summed E-state index contributed by atoms with van der Waals surface area (Å²) < 4.78 is 50.9. The van der Waals surface area contributed by atoms with Crippen molar-refractivity contribution in [1.82, 2.24) is 59.1 Å². The quantitative estimate of drug-likeness (QED) is 0.0102. The number of aliphatic hydroxyl groups is 6. The third kappa shape index (κ3) is 28.2. The van der Waals surface area contributed by atoms with Gasteiger partial charge in [-0.1, -0.05) is 170 Å². The molecular weight excluding hydrogens is 1740 g/mol. The van der Waals surface area contributed by atoms with E-state index in [1.807, 2.05) is 232 Å². The zero-order valence-corrected chi connectivity index (χ0v) is 78.4. The van der Waals surface area contributed by atoms with Crippen LogP contribution in [0.3, 0.4) is 0 Å². The van der Waals surface area contributed by atoms with Gasteiger partial charge in [-0.25, -0.2) is 15.0 Å². The number of likely N-dealkylation sites (tertiary alicyclic amines) is 2. The molecule has 6 aromatic heterocycles. The molecule has 32 nitrogen and oxygen atoms in total. The van der Waals surface area contributed by atoms with Crippen LogP contribution in [-0.4, -0.2) is 205 Å². The van der Waals surface area contributed by atoms with Gasteiger partial charge in [0.05, 0.1) is 65.5 Å². The van der Waals surface area contributed by atoms with Gasteiger partial charge in [0.1, 0.15) is 82.8 Å². The fraction of sp³-hybridized carbons (Fsp3) is 0.313. The topological polar surface area (TPSA) is 410 Å². The predicted molar refractivity (Wildman–Crippen MR) is 508 cm³/mol. The van der Waals surface area contributed by atoms with E-state index in [9.17, 15) is 24.9 Å². The van der Waals surface area contributed by atoms with Crippen LogP contribution in [0.15, 0.2) is 242 Å². The van der Waals surface area contributed by atoms with Crippen molar-refractivity contribution in [3.8, 4) is 34.8 Å². The minimum atomic E-state index is -0.600. The van der Waals surface area contributed by atoms with E-state index >= 15 is 0 Å². The van der Waals surface area contributed by atoms with E-state index in [0.717, 1.165) is 102 Å². The number of halogens is 1. The molecule has 14 aromatic rings. The number of aliphatic hydroxyl groups excluding tert-OH is 6. The van der Waals surface area contributed by atoms with E-state index in [4.69, 9.17) is 90.7 Å². The molecule has 8 aromatic carbocycles. The number of anilines is 3. The number of H-pyrrole nitrogens is 2. The SMILES string of the molecule is COc1ccc(CN(Cc2ccc(OC)cc2)c2nc(OCc3ccccc3)c3c(n2)c(C=O)cn3COCc2ccccc2)cc1.COc1ccc(CN(Cc2ccc(OC)cc2)c2nc(OCc3ccccc3)c3c(n2)c(CN2C[C@H](CO)[C@H](O)C2)cn3COCc2ccccc2)cc1.Cl.Nc1nc2c(CN3C[C@H](CO)[C@H](O)C3)c[nH]c2c(=O)[nH]1.OC[C@H]1CNC[C@H]1O.[B].[C-]#N.[Na+]. The number of rotatable bonds is 36. The average Bonchev–Trinajstić information content (AvgIpc) is 1.59. The molecule has 17 rings (SSSR count). The van der Waals surface area contributed by atoms with Crippen molar-refractivity contribution in [1.29, 1.82) is 5.26 Å². The van der Waals surface area contributed by atoms with Gasteiger partial charge in [0.2, 0.25) is 29.6 Å². The van der Waals surface area contributed by atoms with E-state index < -0.39 is 12.2 Å². The van der Waals surface area contributed by atoms with Gasteiger partial charge in [-0.05, 0) is 93.0 Å². The van der Waals surface area contributed by atoms with Gasteiger partial charge < -0.3 is 115 Å². The summed E-state index contributed by atoms with van der Waals surface area (Å²) in [6.45, 7) is 13.2. The Morgan fingerprint density at radius 3 is 1.19 bits per heavy atom. The molecule has 35 heteroatoms. The number of nitrogens with zero attached hydrogens (tertiary/aromatic N) is 12. The summed E-state index contributed by atoms with van der Waals surface area (Å²) in [5, 5.41) is 66.2. The normalized spacial score (nSPS) is 16.0. The first-order chi connectivity index (χ1) is 64.0. The Kier molecular flexibility index (Phi) is 40.6. The number of nitrogens with one attached hydrogen (secondary N) is 3. The van der Waals surface area contributed by atoms with Crippen LogP contribution in [0, 0.1) is 29.6 Å². The summed E-state index contributed by atoms with van der Waals surface area (Å²) in [4.78, 5) is 62.5. The number of aromatic amines is 2. The molecule has 3 fully saturated rings. The second-order valence-electron chi connectivity index (χ2n) is 32.0. The molecule has 3 radical (unpaired) electrons. The van der Waals surface area contributed by atoms with Gasteiger partial charge in [-0.15, -0.1) is 12.4 Å². The number of methoxy groups -OCH3 is 4. The van der Waals surface area contributed by atoms with Crippen LogP contribution in [0.25, 0.3) is 33.1 Å². The minimum Gasteiger partial charge on any atom is -0.512 e. The summed E-state index contributed by atoms with van der Waals surface area (Å²) in [6, 6.07) is 71.7. The van der Waals surface area contributed by atoms with Gasteiger partial charge in [0.25, 0.3) is 5.56 Å². The van der Waals surface area contributed by atoms with E-state index in [2.05, 4.69) is 41.2 Å². The number of nitrogens with two attached hydrogens (primary N) is 1. The zero-order valence-electron chi connectivity index (χ0n) is 75.6. The van der Waals surface area contributed by atoms with Crippen molar-refractivity contribution in [2.75, 3.05) is 103 Å². The van der Waals surface area contributed by atoms with Crippen LogP contribution in [-0.2, 0) is 88.6 Å². The maximum atomic E-state index is 12.4. The summed E-state index contributed by atoms with van der Waals surface area (Å²) in [7, 11) is 6.62. The first-order valence-corrected chi connectivity index (χ1v) is 43.0. The fourth-order valence-corrected chi connectivity index (χ4v) is 15.7. The van der Waals surface area contributed by atoms with Crippen molar-refractivity contribution >= 4 is 78.1 Å².